The van der Waals surface area contributed by atoms with Crippen molar-refractivity contribution in [3.05, 3.63) is 36.5 Å². The van der Waals surface area contributed by atoms with Gasteiger partial charge in [0, 0.05) is 5.41 Å². The number of aliphatic imine (C=N–C) groups is 1. The van der Waals surface area contributed by atoms with Gasteiger partial charge in [-0.25, -0.2) is 0 Å². The second-order valence-corrected chi connectivity index (χ2v) is 3.93. The zero-order chi connectivity index (χ0) is 10.1. The van der Waals surface area contributed by atoms with E-state index in [0.717, 1.165) is 0 Å². The van der Waals surface area contributed by atoms with Crippen LogP contribution in [-0.2, 0) is 0 Å². The van der Waals surface area contributed by atoms with Crippen molar-refractivity contribution in [2.24, 2.45) is 10.4 Å². The van der Waals surface area contributed by atoms with Gasteiger partial charge in [-0.3, -0.25) is 4.99 Å². The maximum Gasteiger partial charge on any atom is 0.0877 e. The van der Waals surface area contributed by atoms with Crippen molar-refractivity contribution in [1.29, 1.82) is 0 Å². The number of hydrogen-bond donors (Lipinski definition) is 0. The van der Waals surface area contributed by atoms with Crippen molar-refractivity contribution < 1.29 is 0 Å². The zero-order valence-corrected chi connectivity index (χ0v) is 8.67. The van der Waals surface area contributed by atoms with Gasteiger partial charge in [-0.05, 0) is 27.5 Å². The van der Waals surface area contributed by atoms with E-state index in [0.29, 0.717) is 0 Å². The molecule has 1 aliphatic carbocycles. The van der Waals surface area contributed by atoms with Crippen molar-refractivity contribution in [2.75, 3.05) is 0 Å². The lowest BCUT2D eigenvalue weighted by Gasteiger charge is -2.47. The third-order valence-electron chi connectivity index (χ3n) is 3.31. The Morgan fingerprint density at radius 2 is 2.00 bits per heavy atom. The fourth-order valence-corrected chi connectivity index (χ4v) is 1.67. The van der Waals surface area contributed by atoms with E-state index in [1.54, 1.807) is 0 Å². The third-order valence-corrected chi connectivity index (χ3v) is 3.31. The summed E-state index contributed by atoms with van der Waals surface area (Å²) in [5.74, 6) is 0. The van der Waals surface area contributed by atoms with Gasteiger partial charge in [0.05, 0.1) is 5.54 Å². The highest BCUT2D eigenvalue weighted by Crippen LogP contribution is 2.50. The summed E-state index contributed by atoms with van der Waals surface area (Å²) in [6, 6.07) is 0. The van der Waals surface area contributed by atoms with Crippen LogP contribution in [0, 0.1) is 5.41 Å². The highest BCUT2D eigenvalue weighted by molar-refractivity contribution is 5.44. The van der Waals surface area contributed by atoms with Crippen molar-refractivity contribution in [3.8, 4) is 0 Å². The van der Waals surface area contributed by atoms with Gasteiger partial charge in [-0.2, -0.15) is 0 Å². The van der Waals surface area contributed by atoms with Crippen LogP contribution in [0.4, 0.5) is 0 Å². The van der Waals surface area contributed by atoms with Crippen LogP contribution in [0.1, 0.15) is 20.8 Å². The standard InChI is InChI=1S/C12H17N/c1-6-7-10(2)11(3)8-9-12(11,4)13-5/h6-9H,1,5H2,2-4H3/b10-7+. The van der Waals surface area contributed by atoms with Crippen LogP contribution in [0.3, 0.4) is 0 Å². The minimum absolute atomic E-state index is 0.0168. The largest absolute Gasteiger partial charge is 0.289 e. The molecule has 0 fully saturated rings. The number of allylic oxidation sites excluding steroid dienone is 2. The van der Waals surface area contributed by atoms with Gasteiger partial charge in [0.2, 0.25) is 0 Å². The first-order valence-electron chi connectivity index (χ1n) is 4.48. The maximum absolute atomic E-state index is 4.17. The minimum Gasteiger partial charge on any atom is -0.289 e. The Hall–Kier alpha value is -1.11. The van der Waals surface area contributed by atoms with E-state index in [-0.39, 0.29) is 11.0 Å². The Morgan fingerprint density at radius 3 is 2.31 bits per heavy atom. The predicted molar refractivity (Wildman–Crippen MR) is 59.2 cm³/mol. The molecule has 1 aliphatic rings. The second-order valence-electron chi connectivity index (χ2n) is 3.93. The van der Waals surface area contributed by atoms with Crippen LogP contribution < -0.4 is 0 Å². The lowest BCUT2D eigenvalue weighted by molar-refractivity contribution is 0.291. The van der Waals surface area contributed by atoms with E-state index in [1.807, 2.05) is 12.2 Å². The number of nitrogens with zero attached hydrogens (tertiary/aromatic N) is 1. The monoisotopic (exact) mass is 175 g/mol. The molecular formula is C12H17N. The van der Waals surface area contributed by atoms with Gasteiger partial charge in [0.15, 0.2) is 0 Å². The van der Waals surface area contributed by atoms with E-state index < -0.39 is 0 Å². The Morgan fingerprint density at radius 1 is 1.38 bits per heavy atom. The van der Waals surface area contributed by atoms with E-state index in [2.05, 4.69) is 51.2 Å². The first-order valence-corrected chi connectivity index (χ1v) is 4.48. The topological polar surface area (TPSA) is 12.4 Å². The SMILES string of the molecule is C=C/C=C(\C)C1(C)C=CC1(C)N=C. The summed E-state index contributed by atoms with van der Waals surface area (Å²) in [6.45, 7) is 13.7. The summed E-state index contributed by atoms with van der Waals surface area (Å²) in [6.07, 6.45) is 8.13. The molecule has 0 heterocycles. The van der Waals surface area contributed by atoms with E-state index in [1.165, 1.54) is 5.57 Å². The van der Waals surface area contributed by atoms with Gasteiger partial charge in [0.1, 0.15) is 0 Å². The Kier molecular flexibility index (Phi) is 2.29. The molecule has 0 amide bonds. The van der Waals surface area contributed by atoms with Crippen LogP contribution in [-0.4, -0.2) is 12.3 Å². The Bertz CT molecular complexity index is 298. The summed E-state index contributed by atoms with van der Waals surface area (Å²) in [5, 5.41) is 0. The average molecular weight is 175 g/mol. The van der Waals surface area contributed by atoms with Crippen LogP contribution in [0.2, 0.25) is 0 Å². The Labute approximate surface area is 80.6 Å². The highest BCUT2D eigenvalue weighted by Gasteiger charge is 2.47. The molecule has 1 nitrogen and oxygen atoms in total. The van der Waals surface area contributed by atoms with Crippen LogP contribution in [0.15, 0.2) is 41.4 Å². The molecule has 0 radical (unpaired) electrons. The molecule has 1 heteroatoms. The predicted octanol–water partition coefficient (Wildman–Crippen LogP) is 3.15. The molecule has 0 aliphatic heterocycles. The molecular weight excluding hydrogens is 158 g/mol. The summed E-state index contributed by atoms with van der Waals surface area (Å²) >= 11 is 0. The summed E-state index contributed by atoms with van der Waals surface area (Å²) in [5.41, 5.74) is 1.15. The first kappa shape index (κ1) is 9.97. The quantitative estimate of drug-likeness (QED) is 0.355. The van der Waals surface area contributed by atoms with Crippen LogP contribution in [0.25, 0.3) is 0 Å². The molecule has 0 bridgehead atoms. The molecule has 0 spiro atoms. The molecule has 0 saturated heterocycles. The molecule has 0 aromatic rings. The summed E-state index contributed by atoms with van der Waals surface area (Å²) in [4.78, 5) is 4.17. The smallest absolute Gasteiger partial charge is 0.0877 e. The molecule has 0 aromatic carbocycles. The van der Waals surface area contributed by atoms with E-state index in [4.69, 9.17) is 0 Å². The number of rotatable bonds is 3. The Balaban J connectivity index is 3.05. The second kappa shape index (κ2) is 2.99. The third kappa shape index (κ3) is 1.19. The van der Waals surface area contributed by atoms with E-state index in [9.17, 15) is 0 Å². The zero-order valence-electron chi connectivity index (χ0n) is 8.67. The molecule has 2 unspecified atom stereocenters. The van der Waals surface area contributed by atoms with Gasteiger partial charge < -0.3 is 0 Å². The minimum atomic E-state index is -0.142. The molecule has 0 N–H and O–H groups in total. The molecule has 0 saturated carbocycles. The summed E-state index contributed by atoms with van der Waals surface area (Å²) in [7, 11) is 0. The first-order chi connectivity index (χ1) is 6.00. The summed E-state index contributed by atoms with van der Waals surface area (Å²) < 4.78 is 0. The van der Waals surface area contributed by atoms with Crippen molar-refractivity contribution in [1.82, 2.24) is 0 Å². The molecule has 2 atom stereocenters. The van der Waals surface area contributed by atoms with Gasteiger partial charge in [-0.1, -0.05) is 36.5 Å². The molecule has 0 aromatic heterocycles. The lowest BCUT2D eigenvalue weighted by atomic mass is 9.60. The average Bonchev–Trinajstić information content (AvgIpc) is 2.13. The van der Waals surface area contributed by atoms with Crippen LogP contribution >= 0.6 is 0 Å². The molecule has 70 valence electrons. The van der Waals surface area contributed by atoms with Crippen molar-refractivity contribution >= 4 is 6.72 Å². The molecule has 1 rings (SSSR count). The van der Waals surface area contributed by atoms with E-state index >= 15 is 0 Å². The molecule has 13 heavy (non-hydrogen) atoms. The highest BCUT2D eigenvalue weighted by atomic mass is 14.9. The van der Waals surface area contributed by atoms with Crippen molar-refractivity contribution in [2.45, 2.75) is 26.3 Å². The van der Waals surface area contributed by atoms with Crippen LogP contribution in [0.5, 0.6) is 0 Å². The van der Waals surface area contributed by atoms with Gasteiger partial charge in [0.25, 0.3) is 0 Å². The normalized spacial score (nSPS) is 38.2. The number of hydrogen-bond acceptors (Lipinski definition) is 1. The van der Waals surface area contributed by atoms with Gasteiger partial charge >= 0.3 is 0 Å². The van der Waals surface area contributed by atoms with Gasteiger partial charge in [-0.15, -0.1) is 0 Å². The lowest BCUT2D eigenvalue weighted by Crippen LogP contribution is -2.46. The fourth-order valence-electron chi connectivity index (χ4n) is 1.67. The maximum atomic E-state index is 4.17. The van der Waals surface area contributed by atoms with Crippen molar-refractivity contribution in [3.63, 3.8) is 0 Å². The fraction of sp³-hybridized carbons (Fsp3) is 0.417.